The van der Waals surface area contributed by atoms with Crippen molar-refractivity contribution in [3.05, 3.63) is 89.9 Å². The SMILES string of the molecule is CN1CC=C(c2cccc3nc(C(=O)Nc4nc5ccc(-c6cccc(C(F)(F)F)c6)cc5[nH]4)cn23)CC1. The van der Waals surface area contributed by atoms with E-state index in [0.29, 0.717) is 27.8 Å². The van der Waals surface area contributed by atoms with E-state index in [-0.39, 0.29) is 11.6 Å². The Kier molecular flexibility index (Phi) is 5.76. The van der Waals surface area contributed by atoms with E-state index >= 15 is 0 Å². The molecule has 0 spiro atoms. The van der Waals surface area contributed by atoms with E-state index in [0.717, 1.165) is 37.3 Å². The van der Waals surface area contributed by atoms with Crippen LogP contribution in [0.15, 0.2) is 72.9 Å². The zero-order chi connectivity index (χ0) is 26.4. The number of halogens is 3. The van der Waals surface area contributed by atoms with Crippen molar-refractivity contribution < 1.29 is 18.0 Å². The van der Waals surface area contributed by atoms with Crippen LogP contribution in [0.1, 0.15) is 28.2 Å². The van der Waals surface area contributed by atoms with Crippen LogP contribution in [0.25, 0.3) is 33.4 Å². The number of hydrogen-bond donors (Lipinski definition) is 2. The third-order valence-electron chi connectivity index (χ3n) is 6.70. The van der Waals surface area contributed by atoms with Gasteiger partial charge in [0.2, 0.25) is 5.95 Å². The van der Waals surface area contributed by atoms with E-state index < -0.39 is 17.6 Å². The lowest BCUT2D eigenvalue weighted by molar-refractivity contribution is -0.137. The second-order valence-corrected chi connectivity index (χ2v) is 9.36. The zero-order valence-electron chi connectivity index (χ0n) is 20.4. The van der Waals surface area contributed by atoms with E-state index in [1.54, 1.807) is 30.5 Å². The van der Waals surface area contributed by atoms with E-state index in [1.807, 2.05) is 22.6 Å². The molecule has 0 unspecified atom stereocenters. The van der Waals surface area contributed by atoms with Gasteiger partial charge in [0, 0.05) is 19.3 Å². The molecule has 0 atom stereocenters. The van der Waals surface area contributed by atoms with Gasteiger partial charge in [-0.3, -0.25) is 14.5 Å². The maximum atomic E-state index is 13.1. The predicted molar refractivity (Wildman–Crippen MR) is 140 cm³/mol. The molecule has 5 aromatic rings. The molecule has 4 heterocycles. The van der Waals surface area contributed by atoms with Gasteiger partial charge in [0.05, 0.1) is 22.3 Å². The molecule has 0 radical (unpaired) electrons. The van der Waals surface area contributed by atoms with Gasteiger partial charge in [-0.2, -0.15) is 13.2 Å². The minimum absolute atomic E-state index is 0.224. The van der Waals surface area contributed by atoms with Crippen LogP contribution >= 0.6 is 0 Å². The molecule has 0 saturated carbocycles. The number of anilines is 1. The molecule has 3 aromatic heterocycles. The summed E-state index contributed by atoms with van der Waals surface area (Å²) in [6.07, 6.45) is 0.401. The quantitative estimate of drug-likeness (QED) is 0.313. The highest BCUT2D eigenvalue weighted by molar-refractivity contribution is 6.03. The Balaban J connectivity index is 1.25. The molecular formula is C28H23F3N6O. The van der Waals surface area contributed by atoms with Gasteiger partial charge in [0.25, 0.3) is 5.91 Å². The minimum Gasteiger partial charge on any atom is -0.324 e. The number of fused-ring (bicyclic) bond motifs is 2. The maximum absolute atomic E-state index is 13.1. The summed E-state index contributed by atoms with van der Waals surface area (Å²) in [5.74, 6) is -0.198. The lowest BCUT2D eigenvalue weighted by atomic mass is 10.0. The summed E-state index contributed by atoms with van der Waals surface area (Å²) in [6.45, 7) is 1.83. The van der Waals surface area contributed by atoms with Gasteiger partial charge in [-0.1, -0.05) is 30.3 Å². The third-order valence-corrected chi connectivity index (χ3v) is 6.70. The molecule has 2 N–H and O–H groups in total. The van der Waals surface area contributed by atoms with E-state index in [4.69, 9.17) is 0 Å². The van der Waals surface area contributed by atoms with Gasteiger partial charge in [-0.15, -0.1) is 0 Å². The number of aromatic amines is 1. The summed E-state index contributed by atoms with van der Waals surface area (Å²) < 4.78 is 41.3. The number of benzene rings is 2. The summed E-state index contributed by atoms with van der Waals surface area (Å²) in [5, 5.41) is 2.75. The molecule has 192 valence electrons. The molecule has 0 bridgehead atoms. The number of imidazole rings is 2. The zero-order valence-corrected chi connectivity index (χ0v) is 20.4. The summed E-state index contributed by atoms with van der Waals surface area (Å²) in [4.78, 5) is 27.2. The van der Waals surface area contributed by atoms with Crippen LogP contribution in [-0.2, 0) is 6.18 Å². The van der Waals surface area contributed by atoms with Gasteiger partial charge in [-0.25, -0.2) is 9.97 Å². The Morgan fingerprint density at radius 3 is 2.63 bits per heavy atom. The maximum Gasteiger partial charge on any atom is 0.416 e. The molecule has 6 rings (SSSR count). The van der Waals surface area contributed by atoms with Crippen molar-refractivity contribution in [1.29, 1.82) is 0 Å². The largest absolute Gasteiger partial charge is 0.416 e. The number of likely N-dealkylation sites (N-methyl/N-ethyl adjacent to an activating group) is 1. The van der Waals surface area contributed by atoms with E-state index in [1.165, 1.54) is 11.6 Å². The van der Waals surface area contributed by atoms with Crippen LogP contribution in [0.2, 0.25) is 0 Å². The molecule has 0 aliphatic carbocycles. The van der Waals surface area contributed by atoms with Gasteiger partial charge >= 0.3 is 6.18 Å². The lowest BCUT2D eigenvalue weighted by Crippen LogP contribution is -2.24. The monoisotopic (exact) mass is 516 g/mol. The van der Waals surface area contributed by atoms with E-state index in [9.17, 15) is 18.0 Å². The number of alkyl halides is 3. The lowest BCUT2D eigenvalue weighted by Gasteiger charge is -2.22. The van der Waals surface area contributed by atoms with Gasteiger partial charge in [0.15, 0.2) is 0 Å². The highest BCUT2D eigenvalue weighted by Gasteiger charge is 2.30. The van der Waals surface area contributed by atoms with E-state index in [2.05, 4.69) is 38.3 Å². The highest BCUT2D eigenvalue weighted by atomic mass is 19.4. The number of rotatable bonds is 4. The number of pyridine rings is 1. The highest BCUT2D eigenvalue weighted by Crippen LogP contribution is 2.33. The Hall–Kier alpha value is -4.44. The summed E-state index contributed by atoms with van der Waals surface area (Å²) in [6, 6.07) is 16.1. The van der Waals surface area contributed by atoms with Crippen LogP contribution in [-0.4, -0.2) is 50.3 Å². The topological polar surface area (TPSA) is 78.3 Å². The van der Waals surface area contributed by atoms with Crippen molar-refractivity contribution in [2.24, 2.45) is 0 Å². The van der Waals surface area contributed by atoms with Gasteiger partial charge in [0.1, 0.15) is 11.3 Å². The second-order valence-electron chi connectivity index (χ2n) is 9.36. The Morgan fingerprint density at radius 1 is 1.03 bits per heavy atom. The normalized spacial score (nSPS) is 14.7. The number of amides is 1. The number of hydrogen-bond acceptors (Lipinski definition) is 4. The van der Waals surface area contributed by atoms with Crippen molar-refractivity contribution >= 4 is 34.1 Å². The van der Waals surface area contributed by atoms with Crippen molar-refractivity contribution in [3.63, 3.8) is 0 Å². The van der Waals surface area contributed by atoms with Gasteiger partial charge < -0.3 is 9.88 Å². The fraction of sp³-hybridized carbons (Fsp3) is 0.179. The van der Waals surface area contributed by atoms with Crippen LogP contribution in [0, 0.1) is 0 Å². The fourth-order valence-corrected chi connectivity index (χ4v) is 4.68. The van der Waals surface area contributed by atoms with Crippen molar-refractivity contribution in [2.75, 3.05) is 25.5 Å². The second kappa shape index (κ2) is 9.14. The molecule has 0 saturated heterocycles. The Bertz CT molecular complexity index is 1710. The van der Waals surface area contributed by atoms with Crippen molar-refractivity contribution in [2.45, 2.75) is 12.6 Å². The van der Waals surface area contributed by atoms with Gasteiger partial charge in [-0.05, 0) is 66.6 Å². The number of nitrogens with one attached hydrogen (secondary N) is 2. The molecule has 7 nitrogen and oxygen atoms in total. The molecule has 1 aliphatic heterocycles. The van der Waals surface area contributed by atoms with Crippen molar-refractivity contribution in [3.8, 4) is 11.1 Å². The number of carbonyl (C=O) groups is 1. The Labute approximate surface area is 215 Å². The standard InChI is InChI=1S/C28H23F3N6O/c1-36-12-10-17(11-13-36)24-6-3-7-25-32-23(16-37(24)25)26(38)35-27-33-21-9-8-19(15-22(21)34-27)18-4-2-5-20(14-18)28(29,30)31/h2-10,14-16H,11-13H2,1H3,(H2,33,34,35,38). The molecule has 1 amide bonds. The minimum atomic E-state index is -4.42. The molecular weight excluding hydrogens is 493 g/mol. The average Bonchev–Trinajstić information content (AvgIpc) is 3.52. The molecule has 2 aromatic carbocycles. The first kappa shape index (κ1) is 23.9. The summed E-state index contributed by atoms with van der Waals surface area (Å²) >= 11 is 0. The summed E-state index contributed by atoms with van der Waals surface area (Å²) in [7, 11) is 2.08. The van der Waals surface area contributed by atoms with Crippen molar-refractivity contribution in [1.82, 2.24) is 24.3 Å². The first-order valence-electron chi connectivity index (χ1n) is 12.1. The average molecular weight is 517 g/mol. The Morgan fingerprint density at radius 2 is 1.84 bits per heavy atom. The van der Waals surface area contributed by atoms with Crippen LogP contribution in [0.3, 0.4) is 0 Å². The van der Waals surface area contributed by atoms with Crippen LogP contribution in [0.4, 0.5) is 19.1 Å². The first-order chi connectivity index (χ1) is 18.2. The smallest absolute Gasteiger partial charge is 0.324 e. The third kappa shape index (κ3) is 4.54. The number of H-pyrrole nitrogens is 1. The first-order valence-corrected chi connectivity index (χ1v) is 12.1. The van der Waals surface area contributed by atoms with Crippen LogP contribution in [0.5, 0.6) is 0 Å². The number of carbonyl (C=O) groups excluding carboxylic acids is 1. The molecule has 1 aliphatic rings. The number of nitrogens with zero attached hydrogens (tertiary/aromatic N) is 4. The molecule has 0 fully saturated rings. The predicted octanol–water partition coefficient (Wildman–Crippen LogP) is 5.87. The fourth-order valence-electron chi connectivity index (χ4n) is 4.68. The summed E-state index contributed by atoms with van der Waals surface area (Å²) in [5.41, 5.74) is 4.61. The number of aromatic nitrogens is 4. The molecule has 10 heteroatoms. The van der Waals surface area contributed by atoms with Crippen LogP contribution < -0.4 is 5.32 Å². The molecule has 38 heavy (non-hydrogen) atoms.